The van der Waals surface area contributed by atoms with Crippen LogP contribution in [0.3, 0.4) is 0 Å². The molecule has 0 radical (unpaired) electrons. The minimum atomic E-state index is -0.896. The molecule has 1 aromatic carbocycles. The molecule has 0 aromatic heterocycles. The first-order valence-electron chi connectivity index (χ1n) is 4.97. The highest BCUT2D eigenvalue weighted by molar-refractivity contribution is 9.10. The van der Waals surface area contributed by atoms with Crippen molar-refractivity contribution in [2.75, 3.05) is 5.88 Å². The van der Waals surface area contributed by atoms with Crippen LogP contribution < -0.4 is 5.32 Å². The zero-order valence-electron chi connectivity index (χ0n) is 9.07. The summed E-state index contributed by atoms with van der Waals surface area (Å²) < 4.78 is 27.1. The number of amides is 1. The molecule has 0 saturated heterocycles. The normalized spacial score (nSPS) is 12.3. The highest BCUT2D eigenvalue weighted by atomic mass is 79.9. The van der Waals surface area contributed by atoms with Crippen LogP contribution in [0.1, 0.15) is 23.7 Å². The molecular formula is C11H11BrClF2NO. The number of carbonyl (C=O) groups excluding carboxylic acids is 1. The topological polar surface area (TPSA) is 29.1 Å². The van der Waals surface area contributed by atoms with Crippen molar-refractivity contribution in [2.24, 2.45) is 0 Å². The molecule has 6 heteroatoms. The predicted octanol–water partition coefficient (Wildman–Crippen LogP) is 3.47. The minimum absolute atomic E-state index is 0.234. The molecule has 0 saturated carbocycles. The lowest BCUT2D eigenvalue weighted by Gasteiger charge is -2.13. The second-order valence-corrected chi connectivity index (χ2v) is 4.89. The molecule has 2 nitrogen and oxygen atoms in total. The summed E-state index contributed by atoms with van der Waals surface area (Å²) in [6.07, 6.45) is 0.535. The Morgan fingerprint density at radius 1 is 1.47 bits per heavy atom. The number of benzene rings is 1. The van der Waals surface area contributed by atoms with Crippen molar-refractivity contribution < 1.29 is 13.6 Å². The van der Waals surface area contributed by atoms with Crippen LogP contribution in [0.2, 0.25) is 0 Å². The Balaban J connectivity index is 2.89. The van der Waals surface area contributed by atoms with E-state index >= 15 is 0 Å². The van der Waals surface area contributed by atoms with Gasteiger partial charge < -0.3 is 5.32 Å². The zero-order chi connectivity index (χ0) is 13.0. The van der Waals surface area contributed by atoms with E-state index in [9.17, 15) is 13.6 Å². The summed E-state index contributed by atoms with van der Waals surface area (Å²) in [5.41, 5.74) is -0.574. The van der Waals surface area contributed by atoms with Crippen molar-refractivity contribution in [2.45, 2.75) is 19.4 Å². The summed E-state index contributed by atoms with van der Waals surface area (Å²) in [5.74, 6) is -2.20. The third kappa shape index (κ3) is 3.92. The fourth-order valence-corrected chi connectivity index (χ4v) is 2.02. The second kappa shape index (κ2) is 6.31. The number of nitrogens with one attached hydrogen (secondary N) is 1. The quantitative estimate of drug-likeness (QED) is 0.843. The van der Waals surface area contributed by atoms with Crippen LogP contribution in [0.15, 0.2) is 16.6 Å². The molecule has 1 rings (SSSR count). The van der Waals surface area contributed by atoms with Gasteiger partial charge in [-0.05, 0) is 25.5 Å². The van der Waals surface area contributed by atoms with Crippen LogP contribution >= 0.6 is 27.5 Å². The van der Waals surface area contributed by atoms with Crippen LogP contribution in [0, 0.1) is 11.6 Å². The Morgan fingerprint density at radius 2 is 2.00 bits per heavy atom. The van der Waals surface area contributed by atoms with Crippen molar-refractivity contribution >= 4 is 33.4 Å². The second-order valence-electron chi connectivity index (χ2n) is 3.60. The zero-order valence-corrected chi connectivity index (χ0v) is 11.4. The van der Waals surface area contributed by atoms with E-state index in [1.54, 1.807) is 6.92 Å². The molecule has 0 aliphatic heterocycles. The summed E-state index contributed by atoms with van der Waals surface area (Å²) in [6.45, 7) is 1.72. The van der Waals surface area contributed by atoms with Gasteiger partial charge in [-0.3, -0.25) is 4.79 Å². The number of rotatable bonds is 4. The highest BCUT2D eigenvalue weighted by Crippen LogP contribution is 2.19. The standard InChI is InChI=1S/C11H11BrClF2NO/c1-6(2-3-13)16-11(17)10-8(14)4-7(12)5-9(10)15/h4-6H,2-3H2,1H3,(H,16,17). The Kier molecular flexibility index (Phi) is 5.33. The van der Waals surface area contributed by atoms with E-state index in [0.29, 0.717) is 12.3 Å². The van der Waals surface area contributed by atoms with Gasteiger partial charge in [0.05, 0.1) is 0 Å². The molecule has 0 bridgehead atoms. The molecule has 1 amide bonds. The SMILES string of the molecule is CC(CCCl)NC(=O)c1c(F)cc(Br)cc1F. The van der Waals surface area contributed by atoms with Gasteiger partial charge in [0.25, 0.3) is 5.91 Å². The first-order chi connectivity index (χ1) is 7.95. The van der Waals surface area contributed by atoms with Crippen LogP contribution in [-0.2, 0) is 0 Å². The van der Waals surface area contributed by atoms with E-state index in [4.69, 9.17) is 11.6 Å². The van der Waals surface area contributed by atoms with E-state index in [0.717, 1.165) is 12.1 Å². The Morgan fingerprint density at radius 3 is 2.47 bits per heavy atom. The molecule has 17 heavy (non-hydrogen) atoms. The third-order valence-corrected chi connectivity index (χ3v) is 2.83. The molecule has 0 aliphatic rings. The Bertz CT molecular complexity index is 405. The van der Waals surface area contributed by atoms with Crippen molar-refractivity contribution in [1.29, 1.82) is 0 Å². The van der Waals surface area contributed by atoms with Crippen molar-refractivity contribution in [3.8, 4) is 0 Å². The van der Waals surface area contributed by atoms with E-state index in [-0.39, 0.29) is 10.5 Å². The number of halogens is 4. The van der Waals surface area contributed by atoms with E-state index in [1.807, 2.05) is 0 Å². The average molecular weight is 327 g/mol. The van der Waals surface area contributed by atoms with Gasteiger partial charge in [-0.25, -0.2) is 8.78 Å². The van der Waals surface area contributed by atoms with Gasteiger partial charge in [0.15, 0.2) is 0 Å². The Hall–Kier alpha value is -0.680. The highest BCUT2D eigenvalue weighted by Gasteiger charge is 2.19. The van der Waals surface area contributed by atoms with Gasteiger partial charge in [0, 0.05) is 16.4 Å². The van der Waals surface area contributed by atoms with Gasteiger partial charge >= 0.3 is 0 Å². The summed E-state index contributed by atoms with van der Waals surface area (Å²) in [6, 6.07) is 1.86. The minimum Gasteiger partial charge on any atom is -0.349 e. The maximum absolute atomic E-state index is 13.4. The molecular weight excluding hydrogens is 315 g/mol. The molecule has 1 aromatic rings. The molecule has 0 aliphatic carbocycles. The van der Waals surface area contributed by atoms with E-state index in [1.165, 1.54) is 0 Å². The number of hydrogen-bond acceptors (Lipinski definition) is 1. The van der Waals surface area contributed by atoms with Gasteiger partial charge in [-0.1, -0.05) is 15.9 Å². The number of hydrogen-bond donors (Lipinski definition) is 1. The lowest BCUT2D eigenvalue weighted by molar-refractivity contribution is 0.0931. The van der Waals surface area contributed by atoms with Crippen LogP contribution in [0.4, 0.5) is 8.78 Å². The molecule has 1 unspecified atom stereocenters. The molecule has 94 valence electrons. The first kappa shape index (κ1) is 14.4. The van der Waals surface area contributed by atoms with Gasteiger partial charge in [-0.2, -0.15) is 0 Å². The van der Waals surface area contributed by atoms with Gasteiger partial charge in [0.1, 0.15) is 17.2 Å². The molecule has 0 fully saturated rings. The molecule has 0 heterocycles. The lowest BCUT2D eigenvalue weighted by atomic mass is 10.1. The summed E-state index contributed by atoms with van der Waals surface area (Å²) in [7, 11) is 0. The van der Waals surface area contributed by atoms with Crippen molar-refractivity contribution in [3.63, 3.8) is 0 Å². The first-order valence-corrected chi connectivity index (χ1v) is 6.29. The van der Waals surface area contributed by atoms with Crippen LogP contribution in [0.25, 0.3) is 0 Å². The molecule has 1 atom stereocenters. The van der Waals surface area contributed by atoms with Crippen LogP contribution in [0.5, 0.6) is 0 Å². The smallest absolute Gasteiger partial charge is 0.257 e. The van der Waals surface area contributed by atoms with Crippen molar-refractivity contribution in [1.82, 2.24) is 5.32 Å². The number of alkyl halides is 1. The molecule has 1 N–H and O–H groups in total. The van der Waals surface area contributed by atoms with E-state index in [2.05, 4.69) is 21.2 Å². The summed E-state index contributed by atoms with van der Waals surface area (Å²) in [4.78, 5) is 11.6. The lowest BCUT2D eigenvalue weighted by Crippen LogP contribution is -2.34. The number of carbonyl (C=O) groups is 1. The van der Waals surface area contributed by atoms with E-state index < -0.39 is 23.1 Å². The third-order valence-electron chi connectivity index (χ3n) is 2.15. The summed E-state index contributed by atoms with van der Waals surface area (Å²) in [5, 5.41) is 2.48. The average Bonchev–Trinajstić information content (AvgIpc) is 2.15. The monoisotopic (exact) mass is 325 g/mol. The van der Waals surface area contributed by atoms with Crippen LogP contribution in [-0.4, -0.2) is 17.8 Å². The Labute approximate surface area is 111 Å². The largest absolute Gasteiger partial charge is 0.349 e. The maximum atomic E-state index is 13.4. The fourth-order valence-electron chi connectivity index (χ4n) is 1.29. The maximum Gasteiger partial charge on any atom is 0.257 e. The van der Waals surface area contributed by atoms with Gasteiger partial charge in [-0.15, -0.1) is 11.6 Å². The van der Waals surface area contributed by atoms with Gasteiger partial charge in [0.2, 0.25) is 0 Å². The fraction of sp³-hybridized carbons (Fsp3) is 0.364. The van der Waals surface area contributed by atoms with Crippen molar-refractivity contribution in [3.05, 3.63) is 33.8 Å². The summed E-state index contributed by atoms with van der Waals surface area (Å²) >= 11 is 8.45. The molecule has 0 spiro atoms. The predicted molar refractivity (Wildman–Crippen MR) is 66.3 cm³/mol.